The fourth-order valence-corrected chi connectivity index (χ4v) is 1.62. The van der Waals surface area contributed by atoms with Crippen molar-refractivity contribution >= 4 is 5.69 Å². The summed E-state index contributed by atoms with van der Waals surface area (Å²) in [5.41, 5.74) is 8.65. The Bertz CT molecular complexity index is 550. The number of methoxy groups -OCH3 is 1. The largest absolute Gasteiger partial charge is 0.495 e. The number of nitrogen functional groups attached to an aromatic ring is 1. The van der Waals surface area contributed by atoms with E-state index in [1.165, 1.54) is 0 Å². The van der Waals surface area contributed by atoms with Gasteiger partial charge in [0, 0.05) is 17.8 Å². The highest BCUT2D eigenvalue weighted by Crippen LogP contribution is 2.28. The highest BCUT2D eigenvalue weighted by Gasteiger charge is 2.05. The Hall–Kier alpha value is -2.23. The minimum atomic E-state index is 0.516. The Labute approximate surface area is 106 Å². The zero-order chi connectivity index (χ0) is 13.1. The van der Waals surface area contributed by atoms with Crippen molar-refractivity contribution in [1.29, 1.82) is 0 Å². The lowest BCUT2D eigenvalue weighted by atomic mass is 10.1. The predicted octanol–water partition coefficient (Wildman–Crippen LogP) is 3.08. The van der Waals surface area contributed by atoms with Gasteiger partial charge in [0.15, 0.2) is 0 Å². The van der Waals surface area contributed by atoms with Crippen LogP contribution in [0.2, 0.25) is 0 Å². The van der Waals surface area contributed by atoms with Gasteiger partial charge in [-0.3, -0.25) is 0 Å². The average Bonchev–Trinajstić information content (AvgIpc) is 2.37. The molecule has 0 aliphatic rings. The van der Waals surface area contributed by atoms with Gasteiger partial charge in [0.25, 0.3) is 0 Å². The van der Waals surface area contributed by atoms with Gasteiger partial charge in [-0.25, -0.2) is 4.98 Å². The molecule has 0 aliphatic heterocycles. The van der Waals surface area contributed by atoms with Crippen molar-refractivity contribution in [2.45, 2.75) is 13.8 Å². The summed E-state index contributed by atoms with van der Waals surface area (Å²) >= 11 is 0. The Morgan fingerprint density at radius 3 is 2.50 bits per heavy atom. The molecule has 0 radical (unpaired) electrons. The van der Waals surface area contributed by atoms with E-state index in [-0.39, 0.29) is 0 Å². The first-order chi connectivity index (χ1) is 8.60. The lowest BCUT2D eigenvalue weighted by molar-refractivity contribution is 0.407. The van der Waals surface area contributed by atoms with Gasteiger partial charge in [-0.2, -0.15) is 0 Å². The maximum absolute atomic E-state index is 5.87. The number of rotatable bonds is 3. The highest BCUT2D eigenvalue weighted by molar-refractivity contribution is 5.54. The van der Waals surface area contributed by atoms with Crippen LogP contribution >= 0.6 is 0 Å². The third-order valence-corrected chi connectivity index (χ3v) is 2.72. The fraction of sp³-hybridized carbons (Fsp3) is 0.214. The van der Waals surface area contributed by atoms with Crippen LogP contribution in [0.15, 0.2) is 30.5 Å². The number of nitrogens with two attached hydrogens (primary N) is 1. The second-order valence-electron chi connectivity index (χ2n) is 4.11. The summed E-state index contributed by atoms with van der Waals surface area (Å²) in [6, 6.07) is 7.37. The van der Waals surface area contributed by atoms with Crippen molar-refractivity contribution in [1.82, 2.24) is 4.98 Å². The van der Waals surface area contributed by atoms with Crippen molar-refractivity contribution < 1.29 is 9.47 Å². The maximum atomic E-state index is 5.87. The van der Waals surface area contributed by atoms with E-state index in [1.54, 1.807) is 25.4 Å². The number of ether oxygens (including phenoxy) is 2. The van der Waals surface area contributed by atoms with Crippen LogP contribution in [0.25, 0.3) is 0 Å². The molecule has 0 bridgehead atoms. The molecule has 0 saturated carbocycles. The van der Waals surface area contributed by atoms with E-state index >= 15 is 0 Å². The van der Waals surface area contributed by atoms with Crippen LogP contribution in [0, 0.1) is 13.8 Å². The first-order valence-electron chi connectivity index (χ1n) is 5.65. The summed E-state index contributed by atoms with van der Waals surface area (Å²) in [5, 5.41) is 0. The zero-order valence-corrected chi connectivity index (χ0v) is 10.7. The normalized spacial score (nSPS) is 10.2. The zero-order valence-electron chi connectivity index (χ0n) is 10.7. The van der Waals surface area contributed by atoms with Gasteiger partial charge < -0.3 is 15.2 Å². The van der Waals surface area contributed by atoms with Gasteiger partial charge in [0.2, 0.25) is 5.88 Å². The van der Waals surface area contributed by atoms with E-state index in [1.807, 2.05) is 26.0 Å². The molecular formula is C14H16N2O2. The molecule has 1 aromatic heterocycles. The van der Waals surface area contributed by atoms with Crippen molar-refractivity contribution in [3.8, 4) is 17.4 Å². The van der Waals surface area contributed by atoms with E-state index in [2.05, 4.69) is 4.98 Å². The number of pyridine rings is 1. The number of aryl methyl sites for hydroxylation is 2. The third-order valence-electron chi connectivity index (χ3n) is 2.72. The molecule has 0 atom stereocenters. The van der Waals surface area contributed by atoms with E-state index in [0.717, 1.165) is 16.9 Å². The summed E-state index contributed by atoms with van der Waals surface area (Å²) in [6.07, 6.45) is 1.61. The number of anilines is 1. The lowest BCUT2D eigenvalue weighted by Gasteiger charge is -2.10. The lowest BCUT2D eigenvalue weighted by Crippen LogP contribution is -1.95. The standard InChI is InChI=1S/C14H16N2O2/c1-9-6-10(2)13(7-12(9)15)18-14-5-4-11(17-3)8-16-14/h4-8H,15H2,1-3H3. The summed E-state index contributed by atoms with van der Waals surface area (Å²) in [6.45, 7) is 3.95. The smallest absolute Gasteiger partial charge is 0.219 e. The van der Waals surface area contributed by atoms with Crippen LogP contribution in [0.1, 0.15) is 11.1 Å². The molecule has 2 rings (SSSR count). The Morgan fingerprint density at radius 2 is 1.89 bits per heavy atom. The van der Waals surface area contributed by atoms with Crippen molar-refractivity contribution in [3.05, 3.63) is 41.6 Å². The number of aromatic nitrogens is 1. The monoisotopic (exact) mass is 244 g/mol. The second kappa shape index (κ2) is 4.96. The number of benzene rings is 1. The molecule has 4 heteroatoms. The summed E-state index contributed by atoms with van der Waals surface area (Å²) in [7, 11) is 1.60. The Balaban J connectivity index is 2.25. The van der Waals surface area contributed by atoms with Crippen LogP contribution in [0.5, 0.6) is 17.4 Å². The van der Waals surface area contributed by atoms with Crippen molar-refractivity contribution in [3.63, 3.8) is 0 Å². The molecule has 2 aromatic rings. The van der Waals surface area contributed by atoms with Crippen molar-refractivity contribution in [2.75, 3.05) is 12.8 Å². The molecule has 18 heavy (non-hydrogen) atoms. The average molecular weight is 244 g/mol. The van der Waals surface area contributed by atoms with Gasteiger partial charge in [-0.1, -0.05) is 6.07 Å². The molecule has 0 aliphatic carbocycles. The van der Waals surface area contributed by atoms with Gasteiger partial charge in [-0.05, 0) is 31.0 Å². The van der Waals surface area contributed by atoms with Crippen LogP contribution in [-0.2, 0) is 0 Å². The second-order valence-corrected chi connectivity index (χ2v) is 4.11. The maximum Gasteiger partial charge on any atom is 0.219 e. The summed E-state index contributed by atoms with van der Waals surface area (Å²) < 4.78 is 10.7. The fourth-order valence-electron chi connectivity index (χ4n) is 1.62. The molecule has 2 N–H and O–H groups in total. The molecule has 0 amide bonds. The molecular weight excluding hydrogens is 228 g/mol. The highest BCUT2D eigenvalue weighted by atomic mass is 16.5. The molecule has 1 heterocycles. The summed E-state index contributed by atoms with van der Waals surface area (Å²) in [4.78, 5) is 4.15. The minimum absolute atomic E-state index is 0.516. The number of nitrogens with zero attached hydrogens (tertiary/aromatic N) is 1. The molecule has 0 saturated heterocycles. The van der Waals surface area contributed by atoms with Gasteiger partial charge >= 0.3 is 0 Å². The predicted molar refractivity (Wildman–Crippen MR) is 71.2 cm³/mol. The van der Waals surface area contributed by atoms with Crippen molar-refractivity contribution in [2.24, 2.45) is 0 Å². The van der Waals surface area contributed by atoms with E-state index in [4.69, 9.17) is 15.2 Å². The quantitative estimate of drug-likeness (QED) is 0.843. The number of hydrogen-bond donors (Lipinski definition) is 1. The van der Waals surface area contributed by atoms with Crippen LogP contribution < -0.4 is 15.2 Å². The molecule has 0 fully saturated rings. The van der Waals surface area contributed by atoms with E-state index < -0.39 is 0 Å². The molecule has 4 nitrogen and oxygen atoms in total. The van der Waals surface area contributed by atoms with Gasteiger partial charge in [0.05, 0.1) is 13.3 Å². The first kappa shape index (κ1) is 12.2. The third kappa shape index (κ3) is 2.53. The number of hydrogen-bond acceptors (Lipinski definition) is 4. The Morgan fingerprint density at radius 1 is 1.11 bits per heavy atom. The Kier molecular flexibility index (Phi) is 3.37. The topological polar surface area (TPSA) is 57.4 Å². The van der Waals surface area contributed by atoms with Crippen LogP contribution in [0.4, 0.5) is 5.69 Å². The minimum Gasteiger partial charge on any atom is -0.495 e. The molecule has 0 unspecified atom stereocenters. The van der Waals surface area contributed by atoms with E-state index in [0.29, 0.717) is 17.3 Å². The summed E-state index contributed by atoms with van der Waals surface area (Å²) in [5.74, 6) is 1.93. The van der Waals surface area contributed by atoms with Gasteiger partial charge in [0.1, 0.15) is 11.5 Å². The SMILES string of the molecule is COc1ccc(Oc2cc(N)c(C)cc2C)nc1. The van der Waals surface area contributed by atoms with Crippen LogP contribution in [-0.4, -0.2) is 12.1 Å². The molecule has 0 spiro atoms. The van der Waals surface area contributed by atoms with E-state index in [9.17, 15) is 0 Å². The molecule has 94 valence electrons. The molecule has 1 aromatic carbocycles. The van der Waals surface area contributed by atoms with Gasteiger partial charge in [-0.15, -0.1) is 0 Å². The first-order valence-corrected chi connectivity index (χ1v) is 5.65. The van der Waals surface area contributed by atoms with Crippen LogP contribution in [0.3, 0.4) is 0 Å².